The van der Waals surface area contributed by atoms with Crippen molar-refractivity contribution >= 4 is 143 Å². The molecule has 0 radical (unpaired) electrons. The standard InChI is InChI=1S/C84H71BN4S2/c1-52-44-53(2)78-72(45-52)88(84(6)43-20-18-41-82(78,84)4)59-35-38-67-71(48-59)87(69-29-21-28-64-62-27-14-16-31-76(62)91-80(64)69)74-50-60(89-68-39-33-56(54-22-9-7-10-23-54)46-65(68)81(3)40-17-19-42-83(81,89)5)49-73-79(74)85(67)66-37-32-57(55-24-11-8-12-25-55)47-70(66)86(73)58-34-36-63-61-26-13-15-30-75(61)90-77(63)51-58/h7-16,21-39,44-51H,17-20,40-43H2,1-6H3. The zero-order valence-corrected chi connectivity index (χ0v) is 54.3. The maximum Gasteiger partial charge on any atom is 0.252 e. The Labute approximate surface area is 542 Å². The summed E-state index contributed by atoms with van der Waals surface area (Å²) < 4.78 is 5.24. The lowest BCUT2D eigenvalue weighted by Crippen LogP contribution is -2.61. The van der Waals surface area contributed by atoms with Gasteiger partial charge in [-0.3, -0.25) is 0 Å². The van der Waals surface area contributed by atoms with Crippen LogP contribution in [-0.4, -0.2) is 17.8 Å². The first-order valence-electron chi connectivity index (χ1n) is 33.3. The molecule has 4 unspecified atom stereocenters. The van der Waals surface area contributed by atoms with Crippen LogP contribution in [0.2, 0.25) is 0 Å². The Kier molecular flexibility index (Phi) is 11.5. The van der Waals surface area contributed by atoms with Gasteiger partial charge in [0.2, 0.25) is 0 Å². The van der Waals surface area contributed by atoms with Crippen LogP contribution >= 0.6 is 22.7 Å². The molecule has 2 fully saturated rings. The molecule has 0 saturated heterocycles. The number of fused-ring (bicyclic) bond motifs is 16. The molecule has 11 aromatic carbocycles. The summed E-state index contributed by atoms with van der Waals surface area (Å²) in [5, 5.41) is 5.24. The van der Waals surface area contributed by atoms with Crippen molar-refractivity contribution in [2.45, 2.75) is 115 Å². The normalized spacial score (nSPS) is 21.9. The van der Waals surface area contributed by atoms with E-state index in [1.54, 1.807) is 5.56 Å². The molecule has 6 heterocycles. The Morgan fingerprint density at radius 1 is 0.363 bits per heavy atom. The number of hydrogen-bond acceptors (Lipinski definition) is 6. The minimum absolute atomic E-state index is 0.00822. The average molecular weight is 1210 g/mol. The van der Waals surface area contributed by atoms with Crippen molar-refractivity contribution in [1.82, 2.24) is 0 Å². The van der Waals surface area contributed by atoms with Crippen molar-refractivity contribution in [2.24, 2.45) is 0 Å². The zero-order chi connectivity index (χ0) is 60.9. The summed E-state index contributed by atoms with van der Waals surface area (Å²) in [7, 11) is 0. The van der Waals surface area contributed by atoms with Crippen molar-refractivity contribution in [3.8, 4) is 22.3 Å². The van der Waals surface area contributed by atoms with Crippen LogP contribution in [0.3, 0.4) is 0 Å². The van der Waals surface area contributed by atoms with Crippen LogP contribution in [0, 0.1) is 13.8 Å². The van der Waals surface area contributed by atoms with E-state index in [4.69, 9.17) is 0 Å². The Morgan fingerprint density at radius 2 is 0.923 bits per heavy atom. The maximum atomic E-state index is 2.85. The van der Waals surface area contributed by atoms with Crippen LogP contribution in [0.5, 0.6) is 0 Å². The Morgan fingerprint density at radius 3 is 1.67 bits per heavy atom. The molecule has 7 heteroatoms. The third-order valence-electron chi connectivity index (χ3n) is 23.6. The summed E-state index contributed by atoms with van der Waals surface area (Å²) in [6, 6.07) is 87.6. The van der Waals surface area contributed by atoms with E-state index in [9.17, 15) is 0 Å². The molecule has 2 saturated carbocycles. The smallest absolute Gasteiger partial charge is 0.252 e. The molecule has 4 atom stereocenters. The predicted molar refractivity (Wildman–Crippen MR) is 392 cm³/mol. The van der Waals surface area contributed by atoms with Crippen LogP contribution < -0.4 is 36.0 Å². The fraction of sp³-hybridized carbons (Fsp3) is 0.214. The SMILES string of the molecule is Cc1cc(C)c2c(c1)N(c1ccc3c(c1)N(c1cccc4c1sc1ccccc14)c1cc(N4c5ccc(-c6ccccc6)cc5C5(C)CCCCC45C)cc4c1B3c1ccc(-c3ccccc3)cc1N4c1ccc3c(c1)sc1ccccc13)C1(C)CCCCC21C. The fourth-order valence-electron chi connectivity index (χ4n) is 19.1. The minimum atomic E-state index is -0.227. The Balaban J connectivity index is 0.940. The molecular formula is C84H71BN4S2. The number of anilines is 10. The molecule has 4 nitrogen and oxygen atoms in total. The first-order valence-corrected chi connectivity index (χ1v) is 34.9. The predicted octanol–water partition coefficient (Wildman–Crippen LogP) is 21.9. The van der Waals surface area contributed by atoms with Gasteiger partial charge < -0.3 is 19.6 Å². The highest BCUT2D eigenvalue weighted by Crippen LogP contribution is 2.65. The fourth-order valence-corrected chi connectivity index (χ4v) is 21.4. The van der Waals surface area contributed by atoms with E-state index in [1.807, 2.05) is 22.7 Å². The van der Waals surface area contributed by atoms with Gasteiger partial charge in [0.15, 0.2) is 0 Å². The van der Waals surface area contributed by atoms with E-state index in [2.05, 4.69) is 286 Å². The Bertz CT molecular complexity index is 5240. The second-order valence-corrected chi connectivity index (χ2v) is 30.4. The summed E-state index contributed by atoms with van der Waals surface area (Å²) in [6.07, 6.45) is 9.42. The lowest BCUT2D eigenvalue weighted by molar-refractivity contribution is 0.194. The quantitative estimate of drug-likeness (QED) is 0.154. The lowest BCUT2D eigenvalue weighted by atomic mass is 9.33. The van der Waals surface area contributed by atoms with Gasteiger partial charge in [-0.05, 0) is 193 Å². The molecule has 4 aliphatic heterocycles. The summed E-state index contributed by atoms with van der Waals surface area (Å²) in [5.41, 5.74) is 26.8. The van der Waals surface area contributed by atoms with Gasteiger partial charge in [-0.25, -0.2) is 0 Å². The average Bonchev–Trinajstić information content (AvgIpc) is 1.68. The number of thiophene rings is 2. The van der Waals surface area contributed by atoms with Crippen LogP contribution in [0.15, 0.2) is 224 Å². The van der Waals surface area contributed by atoms with Crippen LogP contribution in [0.4, 0.5) is 56.9 Å². The molecule has 0 N–H and O–H groups in total. The van der Waals surface area contributed by atoms with E-state index in [0.717, 1.165) is 19.3 Å². The molecule has 2 aliphatic carbocycles. The van der Waals surface area contributed by atoms with E-state index in [-0.39, 0.29) is 28.6 Å². The van der Waals surface area contributed by atoms with E-state index in [1.165, 1.54) is 185 Å². The van der Waals surface area contributed by atoms with Crippen molar-refractivity contribution in [3.63, 3.8) is 0 Å². The highest BCUT2D eigenvalue weighted by atomic mass is 32.1. The summed E-state index contributed by atoms with van der Waals surface area (Å²) in [6.45, 7) is 15.0. The van der Waals surface area contributed by atoms with Gasteiger partial charge in [0, 0.05) is 97.7 Å². The minimum Gasteiger partial charge on any atom is -0.334 e. The largest absolute Gasteiger partial charge is 0.334 e. The topological polar surface area (TPSA) is 13.0 Å². The zero-order valence-electron chi connectivity index (χ0n) is 52.7. The maximum absolute atomic E-state index is 2.85. The third kappa shape index (κ3) is 7.34. The van der Waals surface area contributed by atoms with Gasteiger partial charge in [0.1, 0.15) is 0 Å². The van der Waals surface area contributed by atoms with Gasteiger partial charge in [0.05, 0.1) is 21.5 Å². The van der Waals surface area contributed by atoms with Gasteiger partial charge in [0.25, 0.3) is 6.71 Å². The van der Waals surface area contributed by atoms with Gasteiger partial charge >= 0.3 is 0 Å². The number of rotatable bonds is 6. The molecule has 6 aliphatic rings. The van der Waals surface area contributed by atoms with Crippen molar-refractivity contribution < 1.29 is 0 Å². The van der Waals surface area contributed by atoms with Crippen molar-refractivity contribution in [2.75, 3.05) is 19.6 Å². The first kappa shape index (κ1) is 53.9. The lowest BCUT2D eigenvalue weighted by Gasteiger charge is -2.51. The van der Waals surface area contributed by atoms with E-state index in [0.29, 0.717) is 0 Å². The van der Waals surface area contributed by atoms with Crippen LogP contribution in [0.25, 0.3) is 62.6 Å². The summed E-state index contributed by atoms with van der Waals surface area (Å²) in [5.74, 6) is 0. The van der Waals surface area contributed by atoms with Crippen LogP contribution in [0.1, 0.15) is 101 Å². The van der Waals surface area contributed by atoms with Crippen molar-refractivity contribution in [1.29, 1.82) is 0 Å². The highest BCUT2D eigenvalue weighted by molar-refractivity contribution is 7.26. The third-order valence-corrected chi connectivity index (χ3v) is 26.0. The number of aryl methyl sites for hydroxylation is 2. The number of nitrogens with zero attached hydrogens (tertiary/aromatic N) is 4. The first-order chi connectivity index (χ1) is 44.4. The monoisotopic (exact) mass is 1210 g/mol. The highest BCUT2D eigenvalue weighted by Gasteiger charge is 2.60. The van der Waals surface area contributed by atoms with Gasteiger partial charge in [-0.2, -0.15) is 0 Å². The molecule has 2 aromatic heterocycles. The molecule has 0 bridgehead atoms. The van der Waals surface area contributed by atoms with Crippen molar-refractivity contribution in [3.05, 3.63) is 247 Å². The molecule has 0 spiro atoms. The second kappa shape index (κ2) is 19.3. The molecule has 442 valence electrons. The van der Waals surface area contributed by atoms with Gasteiger partial charge in [-0.15, -0.1) is 22.7 Å². The Hall–Kier alpha value is -8.88. The van der Waals surface area contributed by atoms with Gasteiger partial charge in [-0.1, -0.05) is 185 Å². The summed E-state index contributed by atoms with van der Waals surface area (Å²) >= 11 is 3.85. The van der Waals surface area contributed by atoms with E-state index < -0.39 is 0 Å². The van der Waals surface area contributed by atoms with E-state index >= 15 is 0 Å². The molecule has 13 aromatic rings. The summed E-state index contributed by atoms with van der Waals surface area (Å²) in [4.78, 5) is 11.1. The second-order valence-electron chi connectivity index (χ2n) is 28.3. The number of benzene rings is 11. The number of hydrogen-bond donors (Lipinski definition) is 0. The molecule has 0 amide bonds. The molecular weight excluding hydrogens is 1140 g/mol. The molecule has 91 heavy (non-hydrogen) atoms. The van der Waals surface area contributed by atoms with Crippen LogP contribution in [-0.2, 0) is 10.8 Å². The molecule has 19 rings (SSSR count).